The number of benzene rings is 1. The van der Waals surface area contributed by atoms with Crippen molar-refractivity contribution in [3.63, 3.8) is 0 Å². The molecular formula is C11H19N3O2S. The zero-order valence-electron chi connectivity index (χ0n) is 10.2. The van der Waals surface area contributed by atoms with Gasteiger partial charge in [0.15, 0.2) is 0 Å². The van der Waals surface area contributed by atoms with Crippen molar-refractivity contribution in [1.29, 1.82) is 0 Å². The van der Waals surface area contributed by atoms with E-state index in [4.69, 9.17) is 5.73 Å². The van der Waals surface area contributed by atoms with Crippen LogP contribution >= 0.6 is 0 Å². The summed E-state index contributed by atoms with van der Waals surface area (Å²) in [7, 11) is -3.11. The first-order valence-corrected chi connectivity index (χ1v) is 7.36. The number of rotatable bonds is 6. The van der Waals surface area contributed by atoms with Crippen molar-refractivity contribution in [1.82, 2.24) is 4.72 Å². The zero-order chi connectivity index (χ0) is 12.9. The molecule has 6 heteroatoms. The van der Waals surface area contributed by atoms with Crippen LogP contribution < -0.4 is 15.4 Å². The lowest BCUT2D eigenvalue weighted by Gasteiger charge is -2.23. The predicted octanol–water partition coefficient (Wildman–Crippen LogP) is 0.644. The molecule has 0 bridgehead atoms. The van der Waals surface area contributed by atoms with Gasteiger partial charge in [0, 0.05) is 31.0 Å². The number of sulfonamides is 1. The first kappa shape index (κ1) is 13.8. The molecule has 17 heavy (non-hydrogen) atoms. The van der Waals surface area contributed by atoms with Gasteiger partial charge in [0.1, 0.15) is 0 Å². The topological polar surface area (TPSA) is 75.4 Å². The van der Waals surface area contributed by atoms with Gasteiger partial charge in [-0.05, 0) is 31.2 Å². The lowest BCUT2D eigenvalue weighted by molar-refractivity contribution is 0.587. The van der Waals surface area contributed by atoms with Gasteiger partial charge in [-0.25, -0.2) is 13.1 Å². The van der Waals surface area contributed by atoms with Crippen LogP contribution in [0, 0.1) is 0 Å². The molecule has 5 nitrogen and oxygen atoms in total. The highest BCUT2D eigenvalue weighted by Crippen LogP contribution is 2.15. The molecule has 0 amide bonds. The van der Waals surface area contributed by atoms with E-state index < -0.39 is 10.0 Å². The fourth-order valence-corrected chi connectivity index (χ4v) is 1.98. The maximum atomic E-state index is 10.9. The van der Waals surface area contributed by atoms with Crippen LogP contribution in [0.3, 0.4) is 0 Å². The van der Waals surface area contributed by atoms with Crippen molar-refractivity contribution in [3.05, 3.63) is 24.3 Å². The number of anilines is 2. The summed E-state index contributed by atoms with van der Waals surface area (Å²) in [5.74, 6) is 0. The van der Waals surface area contributed by atoms with E-state index in [1.54, 1.807) is 0 Å². The Kier molecular flexibility index (Phi) is 4.77. The maximum absolute atomic E-state index is 10.9. The van der Waals surface area contributed by atoms with E-state index in [0.29, 0.717) is 13.1 Å². The van der Waals surface area contributed by atoms with Crippen LogP contribution in [-0.2, 0) is 10.0 Å². The standard InChI is InChI=1S/C11H19N3O2S/c1-3-14(9-8-13-17(2,15)16)11-6-4-10(12)5-7-11/h4-7,13H,3,8-9,12H2,1-2H3. The Morgan fingerprint density at radius 3 is 2.35 bits per heavy atom. The molecule has 0 radical (unpaired) electrons. The van der Waals surface area contributed by atoms with Crippen LogP contribution in [0.2, 0.25) is 0 Å². The van der Waals surface area contributed by atoms with Crippen molar-refractivity contribution in [2.75, 3.05) is 36.5 Å². The minimum atomic E-state index is -3.11. The molecule has 1 aromatic rings. The summed E-state index contributed by atoms with van der Waals surface area (Å²) < 4.78 is 24.3. The number of hydrogen-bond acceptors (Lipinski definition) is 4. The second kappa shape index (κ2) is 5.88. The van der Waals surface area contributed by atoms with Gasteiger partial charge in [-0.2, -0.15) is 0 Å². The predicted molar refractivity (Wildman–Crippen MR) is 71.6 cm³/mol. The largest absolute Gasteiger partial charge is 0.399 e. The summed E-state index contributed by atoms with van der Waals surface area (Å²) in [6.45, 7) is 3.87. The molecule has 3 N–H and O–H groups in total. The van der Waals surface area contributed by atoms with Gasteiger partial charge >= 0.3 is 0 Å². The molecule has 0 unspecified atom stereocenters. The molecule has 0 heterocycles. The molecule has 0 aliphatic rings. The highest BCUT2D eigenvalue weighted by molar-refractivity contribution is 7.88. The van der Waals surface area contributed by atoms with Crippen LogP contribution in [0.25, 0.3) is 0 Å². The molecule has 0 spiro atoms. The number of likely N-dealkylation sites (N-methyl/N-ethyl adjacent to an activating group) is 1. The molecule has 0 saturated heterocycles. The van der Waals surface area contributed by atoms with Crippen molar-refractivity contribution >= 4 is 21.4 Å². The lowest BCUT2D eigenvalue weighted by Crippen LogP contribution is -2.34. The third-order valence-electron chi connectivity index (χ3n) is 2.39. The minimum Gasteiger partial charge on any atom is -0.399 e. The third-order valence-corrected chi connectivity index (χ3v) is 3.11. The van der Waals surface area contributed by atoms with Crippen molar-refractivity contribution in [3.8, 4) is 0 Å². The molecule has 0 aromatic heterocycles. The van der Waals surface area contributed by atoms with Crippen molar-refractivity contribution in [2.45, 2.75) is 6.92 Å². The molecule has 0 aliphatic heterocycles. The van der Waals surface area contributed by atoms with E-state index in [2.05, 4.69) is 9.62 Å². The molecule has 96 valence electrons. The molecule has 1 aromatic carbocycles. The quantitative estimate of drug-likeness (QED) is 0.734. The van der Waals surface area contributed by atoms with Crippen LogP contribution in [0.15, 0.2) is 24.3 Å². The van der Waals surface area contributed by atoms with E-state index >= 15 is 0 Å². The van der Waals surface area contributed by atoms with E-state index in [1.807, 2.05) is 31.2 Å². The highest BCUT2D eigenvalue weighted by atomic mass is 32.2. The zero-order valence-corrected chi connectivity index (χ0v) is 11.0. The first-order valence-electron chi connectivity index (χ1n) is 5.47. The Balaban J connectivity index is 2.57. The van der Waals surface area contributed by atoms with Crippen molar-refractivity contribution in [2.24, 2.45) is 0 Å². The van der Waals surface area contributed by atoms with Gasteiger partial charge in [0.05, 0.1) is 6.26 Å². The Hall–Kier alpha value is -1.27. The van der Waals surface area contributed by atoms with Crippen LogP contribution in [0.1, 0.15) is 6.92 Å². The highest BCUT2D eigenvalue weighted by Gasteiger charge is 2.05. The lowest BCUT2D eigenvalue weighted by atomic mass is 10.2. The summed E-state index contributed by atoms with van der Waals surface area (Å²) >= 11 is 0. The third kappa shape index (κ3) is 5.06. The average molecular weight is 257 g/mol. The SMILES string of the molecule is CCN(CCNS(C)(=O)=O)c1ccc(N)cc1. The molecule has 0 atom stereocenters. The van der Waals surface area contributed by atoms with E-state index in [-0.39, 0.29) is 0 Å². The Morgan fingerprint density at radius 2 is 1.88 bits per heavy atom. The van der Waals surface area contributed by atoms with E-state index in [9.17, 15) is 8.42 Å². The van der Waals surface area contributed by atoms with Gasteiger partial charge in [-0.3, -0.25) is 0 Å². The fraction of sp³-hybridized carbons (Fsp3) is 0.455. The number of nitrogens with one attached hydrogen (secondary N) is 1. The summed E-state index contributed by atoms with van der Waals surface area (Å²) in [6.07, 6.45) is 1.16. The Morgan fingerprint density at radius 1 is 1.29 bits per heavy atom. The monoisotopic (exact) mass is 257 g/mol. The summed E-state index contributed by atoms with van der Waals surface area (Å²) in [5.41, 5.74) is 7.38. The number of nitrogen functional groups attached to an aromatic ring is 1. The van der Waals surface area contributed by atoms with Gasteiger partial charge in [0.2, 0.25) is 10.0 Å². The fourth-order valence-electron chi connectivity index (χ4n) is 1.52. The minimum absolute atomic E-state index is 0.400. The number of nitrogens with two attached hydrogens (primary N) is 1. The average Bonchev–Trinajstić information content (AvgIpc) is 2.24. The molecule has 0 aliphatic carbocycles. The summed E-state index contributed by atoms with van der Waals surface area (Å²) in [5, 5.41) is 0. The summed E-state index contributed by atoms with van der Waals surface area (Å²) in [4.78, 5) is 2.08. The summed E-state index contributed by atoms with van der Waals surface area (Å²) in [6, 6.07) is 7.53. The second-order valence-electron chi connectivity index (χ2n) is 3.84. The number of nitrogens with zero attached hydrogens (tertiary/aromatic N) is 1. The molecule has 1 rings (SSSR count). The molecule has 0 saturated carbocycles. The smallest absolute Gasteiger partial charge is 0.208 e. The molecule has 0 fully saturated rings. The van der Waals surface area contributed by atoms with Gasteiger partial charge < -0.3 is 10.6 Å². The normalized spacial score (nSPS) is 11.4. The van der Waals surface area contributed by atoms with Crippen LogP contribution in [0.5, 0.6) is 0 Å². The van der Waals surface area contributed by atoms with Crippen LogP contribution in [0.4, 0.5) is 11.4 Å². The van der Waals surface area contributed by atoms with Gasteiger partial charge in [-0.1, -0.05) is 0 Å². The number of hydrogen-bond donors (Lipinski definition) is 2. The van der Waals surface area contributed by atoms with Gasteiger partial charge in [-0.15, -0.1) is 0 Å². The van der Waals surface area contributed by atoms with E-state index in [0.717, 1.165) is 24.2 Å². The van der Waals surface area contributed by atoms with E-state index in [1.165, 1.54) is 0 Å². The Labute approximate surface area is 103 Å². The van der Waals surface area contributed by atoms with Gasteiger partial charge in [0.25, 0.3) is 0 Å². The first-order chi connectivity index (χ1) is 7.92. The van der Waals surface area contributed by atoms with Crippen LogP contribution in [-0.4, -0.2) is 34.3 Å². The Bertz CT molecular complexity index is 442. The maximum Gasteiger partial charge on any atom is 0.208 e. The molecular weight excluding hydrogens is 238 g/mol. The van der Waals surface area contributed by atoms with Crippen molar-refractivity contribution < 1.29 is 8.42 Å². The second-order valence-corrected chi connectivity index (χ2v) is 5.67.